The van der Waals surface area contributed by atoms with Gasteiger partial charge in [0.2, 0.25) is 0 Å². The van der Waals surface area contributed by atoms with Crippen molar-refractivity contribution < 1.29 is 4.74 Å². The molecule has 3 heteroatoms. The molecule has 2 fully saturated rings. The predicted molar refractivity (Wildman–Crippen MR) is 57.2 cm³/mol. The van der Waals surface area contributed by atoms with E-state index >= 15 is 0 Å². The third-order valence-corrected chi connectivity index (χ3v) is 3.94. The van der Waals surface area contributed by atoms with Gasteiger partial charge in [-0.2, -0.15) is 0 Å². The van der Waals surface area contributed by atoms with E-state index in [4.69, 9.17) is 10.5 Å². The highest BCUT2D eigenvalue weighted by Gasteiger charge is 2.47. The van der Waals surface area contributed by atoms with Gasteiger partial charge < -0.3 is 10.5 Å². The Hall–Kier alpha value is -0.120. The smallest absolute Gasteiger partial charge is 0.0594 e. The van der Waals surface area contributed by atoms with E-state index in [1.165, 1.54) is 19.3 Å². The molecule has 1 aliphatic heterocycles. The lowest BCUT2D eigenvalue weighted by molar-refractivity contribution is -0.0302. The van der Waals surface area contributed by atoms with Crippen LogP contribution in [-0.4, -0.2) is 43.3 Å². The monoisotopic (exact) mass is 198 g/mol. The van der Waals surface area contributed by atoms with Crippen molar-refractivity contribution in [3.8, 4) is 0 Å². The molecule has 0 aromatic heterocycles. The molecule has 3 nitrogen and oxygen atoms in total. The highest BCUT2D eigenvalue weighted by molar-refractivity contribution is 5.03. The Kier molecular flexibility index (Phi) is 3.10. The molecule has 2 rings (SSSR count). The zero-order valence-electron chi connectivity index (χ0n) is 9.17. The molecule has 0 amide bonds. The van der Waals surface area contributed by atoms with Gasteiger partial charge in [-0.25, -0.2) is 0 Å². The molecule has 14 heavy (non-hydrogen) atoms. The lowest BCUT2D eigenvalue weighted by atomic mass is 9.87. The number of morpholine rings is 1. The predicted octanol–water partition coefficient (Wildman–Crippen LogP) is 0.836. The van der Waals surface area contributed by atoms with Gasteiger partial charge in [0.1, 0.15) is 0 Å². The van der Waals surface area contributed by atoms with Crippen molar-refractivity contribution in [1.29, 1.82) is 0 Å². The molecule has 82 valence electrons. The Labute approximate surface area is 86.6 Å². The molecule has 1 aliphatic carbocycles. The van der Waals surface area contributed by atoms with Crippen molar-refractivity contribution in [3.05, 3.63) is 0 Å². The molecule has 0 aromatic rings. The normalized spacial score (nSPS) is 28.7. The molecule has 1 heterocycles. The molecule has 0 bridgehead atoms. The molecule has 2 aliphatic rings. The van der Waals surface area contributed by atoms with Gasteiger partial charge in [0, 0.05) is 25.2 Å². The second kappa shape index (κ2) is 4.17. The number of ether oxygens (including phenoxy) is 1. The largest absolute Gasteiger partial charge is 0.379 e. The summed E-state index contributed by atoms with van der Waals surface area (Å²) in [6.07, 6.45) is 3.94. The van der Waals surface area contributed by atoms with E-state index in [-0.39, 0.29) is 0 Å². The van der Waals surface area contributed by atoms with Crippen molar-refractivity contribution >= 4 is 0 Å². The van der Waals surface area contributed by atoms with E-state index in [9.17, 15) is 0 Å². The zero-order chi connectivity index (χ0) is 10.0. The maximum absolute atomic E-state index is 6.01. The third kappa shape index (κ3) is 1.69. The maximum Gasteiger partial charge on any atom is 0.0594 e. The van der Waals surface area contributed by atoms with Crippen LogP contribution in [0.1, 0.15) is 26.2 Å². The first-order chi connectivity index (χ1) is 6.83. The summed E-state index contributed by atoms with van der Waals surface area (Å²) < 4.78 is 5.40. The minimum atomic E-state index is 0.295. The van der Waals surface area contributed by atoms with E-state index in [1.54, 1.807) is 0 Å². The fraction of sp³-hybridized carbons (Fsp3) is 1.00. The fourth-order valence-corrected chi connectivity index (χ4v) is 2.84. The minimum Gasteiger partial charge on any atom is -0.379 e. The van der Waals surface area contributed by atoms with Crippen LogP contribution in [0.5, 0.6) is 0 Å². The molecular weight excluding hydrogens is 176 g/mol. The molecule has 1 unspecified atom stereocenters. The molecule has 0 aromatic carbocycles. The number of rotatable bonds is 4. The number of nitrogens with two attached hydrogens (primary N) is 1. The number of hydrogen-bond acceptors (Lipinski definition) is 3. The molecule has 2 N–H and O–H groups in total. The average molecular weight is 198 g/mol. The maximum atomic E-state index is 6.01. The molecule has 1 saturated heterocycles. The van der Waals surface area contributed by atoms with E-state index in [1.807, 2.05) is 0 Å². The Morgan fingerprint density at radius 1 is 1.36 bits per heavy atom. The van der Waals surface area contributed by atoms with Crippen molar-refractivity contribution in [1.82, 2.24) is 4.90 Å². The first kappa shape index (κ1) is 10.4. The third-order valence-electron chi connectivity index (χ3n) is 3.94. The first-order valence-corrected chi connectivity index (χ1v) is 5.86. The highest BCUT2D eigenvalue weighted by atomic mass is 16.5. The fourth-order valence-electron chi connectivity index (χ4n) is 2.84. The second-order valence-electron chi connectivity index (χ2n) is 4.53. The lowest BCUT2D eigenvalue weighted by Gasteiger charge is -2.45. The highest BCUT2D eigenvalue weighted by Crippen LogP contribution is 2.44. The number of hydrogen-bond donors (Lipinski definition) is 1. The summed E-state index contributed by atoms with van der Waals surface area (Å²) in [5.41, 5.74) is 6.30. The summed E-state index contributed by atoms with van der Waals surface area (Å²) in [6.45, 7) is 7.00. The topological polar surface area (TPSA) is 38.5 Å². The van der Waals surface area contributed by atoms with Crippen LogP contribution in [0.2, 0.25) is 0 Å². The molecule has 1 atom stereocenters. The van der Waals surface area contributed by atoms with Crippen LogP contribution >= 0.6 is 0 Å². The van der Waals surface area contributed by atoms with Crippen LogP contribution in [0.25, 0.3) is 0 Å². The Morgan fingerprint density at radius 3 is 2.43 bits per heavy atom. The summed E-state index contributed by atoms with van der Waals surface area (Å²) in [4.78, 5) is 2.58. The van der Waals surface area contributed by atoms with E-state index < -0.39 is 0 Å². The summed E-state index contributed by atoms with van der Waals surface area (Å²) in [7, 11) is 0. The van der Waals surface area contributed by atoms with Crippen LogP contribution in [0.3, 0.4) is 0 Å². The molecule has 0 spiro atoms. The SMILES string of the molecule is CCC(CN)(C1CC1)N1CCOCC1. The van der Waals surface area contributed by atoms with Gasteiger partial charge in [0.05, 0.1) is 13.2 Å². The molecular formula is C11H22N2O. The standard InChI is InChI=1S/C11H22N2O/c1-2-11(9-12,10-3-4-10)13-5-7-14-8-6-13/h10H,2-9,12H2,1H3. The van der Waals surface area contributed by atoms with Crippen LogP contribution in [0.4, 0.5) is 0 Å². The van der Waals surface area contributed by atoms with Crippen LogP contribution in [0.15, 0.2) is 0 Å². The van der Waals surface area contributed by atoms with Crippen molar-refractivity contribution in [2.24, 2.45) is 11.7 Å². The molecule has 1 saturated carbocycles. The summed E-state index contributed by atoms with van der Waals surface area (Å²) >= 11 is 0. The van der Waals surface area contributed by atoms with Crippen LogP contribution in [0, 0.1) is 5.92 Å². The van der Waals surface area contributed by atoms with Crippen molar-refractivity contribution in [3.63, 3.8) is 0 Å². The van der Waals surface area contributed by atoms with Crippen LogP contribution < -0.4 is 5.73 Å². The first-order valence-electron chi connectivity index (χ1n) is 5.86. The van der Waals surface area contributed by atoms with E-state index in [0.717, 1.165) is 38.8 Å². The van der Waals surface area contributed by atoms with Gasteiger partial charge >= 0.3 is 0 Å². The van der Waals surface area contributed by atoms with E-state index in [2.05, 4.69) is 11.8 Å². The zero-order valence-corrected chi connectivity index (χ0v) is 9.17. The van der Waals surface area contributed by atoms with Gasteiger partial charge in [-0.05, 0) is 25.2 Å². The average Bonchev–Trinajstić information content (AvgIpc) is 3.07. The Morgan fingerprint density at radius 2 is 2.00 bits per heavy atom. The van der Waals surface area contributed by atoms with Gasteiger partial charge in [0.15, 0.2) is 0 Å². The van der Waals surface area contributed by atoms with E-state index in [0.29, 0.717) is 5.54 Å². The Balaban J connectivity index is 2.06. The summed E-state index contributed by atoms with van der Waals surface area (Å²) in [5, 5.41) is 0. The quantitative estimate of drug-likeness (QED) is 0.727. The van der Waals surface area contributed by atoms with Gasteiger partial charge in [0.25, 0.3) is 0 Å². The molecule has 0 radical (unpaired) electrons. The number of nitrogens with zero attached hydrogens (tertiary/aromatic N) is 1. The minimum absolute atomic E-state index is 0.295. The van der Waals surface area contributed by atoms with Gasteiger partial charge in [-0.1, -0.05) is 6.92 Å². The van der Waals surface area contributed by atoms with Gasteiger partial charge in [-0.15, -0.1) is 0 Å². The second-order valence-corrected chi connectivity index (χ2v) is 4.53. The van der Waals surface area contributed by atoms with Gasteiger partial charge in [-0.3, -0.25) is 4.90 Å². The Bertz CT molecular complexity index is 182. The summed E-state index contributed by atoms with van der Waals surface area (Å²) in [6, 6.07) is 0. The van der Waals surface area contributed by atoms with Crippen molar-refractivity contribution in [2.45, 2.75) is 31.7 Å². The van der Waals surface area contributed by atoms with Crippen LogP contribution in [-0.2, 0) is 4.74 Å². The lowest BCUT2D eigenvalue weighted by Crippen LogP contribution is -2.58. The summed E-state index contributed by atoms with van der Waals surface area (Å²) in [5.74, 6) is 0.857. The van der Waals surface area contributed by atoms with Crippen molar-refractivity contribution in [2.75, 3.05) is 32.8 Å².